The number of pyridine rings is 1. The Kier molecular flexibility index (Phi) is 4.05. The molecule has 0 spiro atoms. The highest BCUT2D eigenvalue weighted by atomic mass is 32.1. The highest BCUT2D eigenvalue weighted by Gasteiger charge is 2.37. The molecule has 36 heavy (non-hydrogen) atoms. The van der Waals surface area contributed by atoms with Gasteiger partial charge in [-0.15, -0.1) is 0 Å². The van der Waals surface area contributed by atoms with Gasteiger partial charge in [-0.3, -0.25) is 15.1 Å². The first-order chi connectivity index (χ1) is 17.7. The number of nitrogens with two attached hydrogens (primary N) is 1. The molecule has 11 heteroatoms. The lowest BCUT2D eigenvalue weighted by molar-refractivity contribution is 0.514. The number of nitrogens with zero attached hydrogens (tertiary/aromatic N) is 6. The van der Waals surface area contributed by atoms with Crippen LogP contribution < -0.4 is 16.0 Å². The molecule has 5 N–H and O–H groups in total. The molecule has 5 aromatic heterocycles. The van der Waals surface area contributed by atoms with Gasteiger partial charge in [-0.05, 0) is 34.5 Å². The molecule has 2 aliphatic heterocycles. The molecule has 1 atom stereocenters. The van der Waals surface area contributed by atoms with E-state index in [0.717, 1.165) is 63.7 Å². The van der Waals surface area contributed by atoms with Gasteiger partial charge in [0, 0.05) is 35.8 Å². The molecule has 3 aliphatic rings. The summed E-state index contributed by atoms with van der Waals surface area (Å²) in [4.78, 5) is 24.5. The maximum atomic E-state index is 5.94. The Balaban J connectivity index is 1.21. The number of anilines is 1. The second-order valence-corrected chi connectivity index (χ2v) is 10.0. The minimum atomic E-state index is 0.156. The lowest BCUT2D eigenvalue weighted by Crippen LogP contribution is -2.56. The van der Waals surface area contributed by atoms with Crippen molar-refractivity contribution in [3.05, 3.63) is 76.3 Å². The van der Waals surface area contributed by atoms with Gasteiger partial charge in [0.05, 0.1) is 41.2 Å². The summed E-state index contributed by atoms with van der Waals surface area (Å²) in [5.74, 6) is 1.53. The number of imidazole rings is 1. The van der Waals surface area contributed by atoms with Crippen molar-refractivity contribution in [3.63, 3.8) is 0 Å². The molecule has 0 saturated carbocycles. The number of aromatic nitrogens is 7. The maximum absolute atomic E-state index is 5.94. The monoisotopic (exact) mass is 492 g/mol. The molecule has 1 unspecified atom stereocenters. The molecule has 0 radical (unpaired) electrons. The third-order valence-electron chi connectivity index (χ3n) is 6.87. The van der Waals surface area contributed by atoms with Crippen molar-refractivity contribution < 1.29 is 0 Å². The van der Waals surface area contributed by atoms with Crippen LogP contribution in [0.5, 0.6) is 0 Å². The van der Waals surface area contributed by atoms with Crippen LogP contribution in [-0.2, 0) is 0 Å². The van der Waals surface area contributed by atoms with E-state index < -0.39 is 0 Å². The van der Waals surface area contributed by atoms with Gasteiger partial charge < -0.3 is 20.9 Å². The molecule has 7 heterocycles. The fraction of sp³-hybridized carbons (Fsp3) is 0.160. The van der Waals surface area contributed by atoms with Crippen LogP contribution in [0.2, 0.25) is 0 Å². The molecule has 0 bridgehead atoms. The number of fused-ring (bicyclic) bond motifs is 4. The molecule has 176 valence electrons. The highest BCUT2D eigenvalue weighted by Crippen LogP contribution is 2.42. The molecule has 2 saturated heterocycles. The zero-order valence-corrected chi connectivity index (χ0v) is 19.8. The van der Waals surface area contributed by atoms with Crippen molar-refractivity contribution >= 4 is 33.6 Å². The second-order valence-electron chi connectivity index (χ2n) is 9.25. The average Bonchev–Trinajstić information content (AvgIpc) is 3.23. The number of hydrogen-bond donors (Lipinski definition) is 4. The summed E-state index contributed by atoms with van der Waals surface area (Å²) in [7, 11) is 0. The first kappa shape index (κ1) is 19.9. The van der Waals surface area contributed by atoms with Crippen molar-refractivity contribution in [2.75, 3.05) is 18.0 Å². The van der Waals surface area contributed by atoms with E-state index in [4.69, 9.17) is 15.7 Å². The van der Waals surface area contributed by atoms with Crippen LogP contribution in [0.1, 0.15) is 23.0 Å². The predicted octanol–water partition coefficient (Wildman–Crippen LogP) is 2.99. The molecular formula is C25H20N10S. The van der Waals surface area contributed by atoms with Gasteiger partial charge in [0.25, 0.3) is 0 Å². The van der Waals surface area contributed by atoms with Gasteiger partial charge in [-0.25, -0.2) is 9.97 Å². The molecule has 1 aliphatic carbocycles. The van der Waals surface area contributed by atoms with Crippen LogP contribution in [0, 0.1) is 0 Å². The van der Waals surface area contributed by atoms with Crippen molar-refractivity contribution in [2.24, 2.45) is 5.73 Å². The molecule has 0 aromatic carbocycles. The quantitative estimate of drug-likeness (QED) is 0.280. The molecule has 8 rings (SSSR count). The van der Waals surface area contributed by atoms with E-state index in [1.54, 1.807) is 29.9 Å². The molecular weight excluding hydrogens is 472 g/mol. The first-order valence-electron chi connectivity index (χ1n) is 11.7. The number of rotatable bonds is 4. The van der Waals surface area contributed by atoms with E-state index in [1.165, 1.54) is 5.70 Å². The Labute approximate surface area is 209 Å². The normalized spacial score (nSPS) is 18.6. The van der Waals surface area contributed by atoms with Gasteiger partial charge in [-0.2, -0.15) is 16.4 Å². The Morgan fingerprint density at radius 2 is 2.00 bits per heavy atom. The lowest BCUT2D eigenvalue weighted by atomic mass is 10.0. The van der Waals surface area contributed by atoms with E-state index in [2.05, 4.69) is 64.3 Å². The van der Waals surface area contributed by atoms with Crippen molar-refractivity contribution in [1.29, 1.82) is 0 Å². The third-order valence-corrected chi connectivity index (χ3v) is 7.55. The van der Waals surface area contributed by atoms with Gasteiger partial charge in [0.15, 0.2) is 5.82 Å². The van der Waals surface area contributed by atoms with Crippen LogP contribution in [0.4, 0.5) is 5.82 Å². The summed E-state index contributed by atoms with van der Waals surface area (Å²) in [5.41, 5.74) is 14.4. The zero-order valence-electron chi connectivity index (χ0n) is 18.9. The van der Waals surface area contributed by atoms with Crippen LogP contribution >= 0.6 is 11.3 Å². The third kappa shape index (κ3) is 3.03. The Bertz CT molecular complexity index is 1700. The van der Waals surface area contributed by atoms with E-state index in [9.17, 15) is 0 Å². The number of hydrogen-bond acceptors (Lipinski definition) is 9. The predicted molar refractivity (Wildman–Crippen MR) is 138 cm³/mol. The minimum absolute atomic E-state index is 0.156. The van der Waals surface area contributed by atoms with Crippen molar-refractivity contribution in [3.8, 4) is 22.9 Å². The highest BCUT2D eigenvalue weighted by molar-refractivity contribution is 7.08. The number of aromatic amines is 2. The van der Waals surface area contributed by atoms with E-state index in [1.807, 2.05) is 6.07 Å². The SMILES string of the molecule is NC1CN(c2cncc(-c3cc4c(-c5nc6c([nH]5)C5NC5=CC=C6c5ccsc5)n[nH]c4cn3)n2)C1. The van der Waals surface area contributed by atoms with Crippen LogP contribution in [0.25, 0.3) is 39.4 Å². The summed E-state index contributed by atoms with van der Waals surface area (Å²) in [6.45, 7) is 1.57. The largest absolute Gasteiger partial charge is 0.373 e. The van der Waals surface area contributed by atoms with Gasteiger partial charge in [-0.1, -0.05) is 6.08 Å². The Hall–Kier alpha value is -4.35. The summed E-state index contributed by atoms with van der Waals surface area (Å²) < 4.78 is 0. The molecule has 10 nitrogen and oxygen atoms in total. The average molecular weight is 493 g/mol. The summed E-state index contributed by atoms with van der Waals surface area (Å²) in [5, 5.41) is 16.3. The maximum Gasteiger partial charge on any atom is 0.159 e. The first-order valence-corrected chi connectivity index (χ1v) is 12.6. The van der Waals surface area contributed by atoms with Crippen LogP contribution in [-0.4, -0.2) is 54.2 Å². The fourth-order valence-corrected chi connectivity index (χ4v) is 5.54. The topological polar surface area (TPSA) is 147 Å². The number of nitrogens with one attached hydrogen (secondary N) is 3. The van der Waals surface area contributed by atoms with Gasteiger partial charge in [0.1, 0.15) is 23.2 Å². The van der Waals surface area contributed by atoms with Crippen molar-refractivity contribution in [2.45, 2.75) is 12.1 Å². The minimum Gasteiger partial charge on any atom is -0.373 e. The van der Waals surface area contributed by atoms with Crippen LogP contribution in [0.15, 0.2) is 59.3 Å². The fourth-order valence-electron chi connectivity index (χ4n) is 4.88. The number of thiophene rings is 1. The van der Waals surface area contributed by atoms with Crippen LogP contribution in [0.3, 0.4) is 0 Å². The van der Waals surface area contributed by atoms with E-state index in [-0.39, 0.29) is 12.1 Å². The summed E-state index contributed by atoms with van der Waals surface area (Å²) >= 11 is 1.68. The Morgan fingerprint density at radius 1 is 1.06 bits per heavy atom. The van der Waals surface area contributed by atoms with E-state index in [0.29, 0.717) is 11.5 Å². The van der Waals surface area contributed by atoms with Crippen molar-refractivity contribution in [1.82, 2.24) is 40.4 Å². The number of H-pyrrole nitrogens is 2. The number of allylic oxidation sites excluding steroid dienone is 2. The zero-order chi connectivity index (χ0) is 23.8. The van der Waals surface area contributed by atoms with Gasteiger partial charge in [0.2, 0.25) is 0 Å². The molecule has 0 amide bonds. The Morgan fingerprint density at radius 3 is 2.86 bits per heavy atom. The molecule has 5 aromatic rings. The standard InChI is InChI=1S/C25H20N10S/c26-13-9-35(10-13)20-8-27-6-19(29-20)17-5-15-18(7-28-17)33-34-22(15)25-31-21-14(12-3-4-36-11-12)1-2-16-23(30-16)24(21)32-25/h1-8,11,13,23,30H,9-10,26H2,(H,31,32)(H,33,34). The lowest BCUT2D eigenvalue weighted by Gasteiger charge is -2.37. The van der Waals surface area contributed by atoms with Gasteiger partial charge >= 0.3 is 0 Å². The van der Waals surface area contributed by atoms with E-state index >= 15 is 0 Å². The second kappa shape index (κ2) is 7.33. The summed E-state index contributed by atoms with van der Waals surface area (Å²) in [6.07, 6.45) is 9.56. The molecule has 2 fully saturated rings. The summed E-state index contributed by atoms with van der Waals surface area (Å²) in [6, 6.07) is 4.47. The smallest absolute Gasteiger partial charge is 0.159 e.